The molecule has 2 aliphatic rings. The van der Waals surface area contributed by atoms with Crippen molar-refractivity contribution in [1.82, 2.24) is 0 Å². The molecule has 10 aromatic carbocycles. The monoisotopic (exact) mass is 1820 g/mol. The molecule has 0 radical (unpaired) electrons. The fraction of sp³-hybridized carbons (Fsp3) is 0.200. The number of carbonyl (C=O) groups excluding carboxylic acids is 6. The van der Waals surface area contributed by atoms with Gasteiger partial charge in [-0.1, -0.05) is 36.4 Å². The Balaban J connectivity index is 0.000000228. The molecular weight excluding hydrogens is 1740 g/mol. The van der Waals surface area contributed by atoms with Crippen molar-refractivity contribution in [3.8, 4) is 46.0 Å². The highest BCUT2D eigenvalue weighted by Gasteiger charge is 2.74. The van der Waals surface area contributed by atoms with E-state index < -0.39 is 168 Å². The van der Waals surface area contributed by atoms with E-state index in [1.807, 2.05) is 0 Å². The van der Waals surface area contributed by atoms with E-state index in [-0.39, 0.29) is 67.4 Å². The molecule has 0 aromatic heterocycles. The predicted molar refractivity (Wildman–Crippen MR) is 445 cm³/mol. The zero-order valence-corrected chi connectivity index (χ0v) is 69.3. The molecule has 0 spiro atoms. The average molecular weight is 1820 g/mol. The van der Waals surface area contributed by atoms with Gasteiger partial charge in [0.2, 0.25) is 10.8 Å². The minimum atomic E-state index is -6.07. The number of nitrogens with two attached hydrogens (primary N) is 6. The van der Waals surface area contributed by atoms with E-state index >= 15 is 0 Å². The number of benzene rings is 10. The lowest BCUT2D eigenvalue weighted by atomic mass is 9.72. The number of aliphatic hydroxyl groups is 1. The van der Waals surface area contributed by atoms with E-state index in [4.69, 9.17) is 63.3 Å². The molecule has 10 aromatic rings. The van der Waals surface area contributed by atoms with Crippen LogP contribution in [0.4, 0.5) is 86.8 Å². The molecule has 0 bridgehead atoms. The maximum Gasteiger partial charge on any atom is 0.411 e. The number of carbonyl (C=O) groups is 8. The summed E-state index contributed by atoms with van der Waals surface area (Å²) in [6.45, 7) is 10.8. The number of hydrogen-bond donors (Lipinski definition) is 15. The second kappa shape index (κ2) is 41.1. The van der Waals surface area contributed by atoms with Crippen molar-refractivity contribution in [2.24, 2.45) is 11.5 Å². The lowest BCUT2D eigenvalue weighted by Crippen LogP contribution is -2.54. The first-order valence-electron chi connectivity index (χ1n) is 37.1. The number of carboxylic acids is 2. The Bertz CT molecular complexity index is 5360. The third kappa shape index (κ3) is 24.2. The number of amides is 2. The number of nitrogen functional groups attached to an aromatic ring is 4. The normalized spacial score (nSPS) is 12.5. The van der Waals surface area contributed by atoms with Crippen molar-refractivity contribution in [1.29, 1.82) is 0 Å². The van der Waals surface area contributed by atoms with Gasteiger partial charge in [0.25, 0.3) is 11.8 Å². The molecule has 0 aliphatic carbocycles. The molecule has 0 saturated carbocycles. The van der Waals surface area contributed by atoms with Crippen LogP contribution >= 0.6 is 0 Å². The summed E-state index contributed by atoms with van der Waals surface area (Å²) in [5, 5.41) is 67.8. The number of cyclic esters (lactones) is 4. The number of aromatic carboxylic acids is 2. The van der Waals surface area contributed by atoms with Crippen LogP contribution < -0.4 is 54.5 Å². The first kappa shape index (κ1) is 99.9. The number of nitrogens with one attached hydrogen (secondary N) is 2. The van der Waals surface area contributed by atoms with Gasteiger partial charge in [-0.15, -0.1) is 0 Å². The van der Waals surface area contributed by atoms with Gasteiger partial charge >= 0.3 is 60.5 Å². The van der Waals surface area contributed by atoms with Crippen LogP contribution in [0.1, 0.15) is 118 Å². The van der Waals surface area contributed by atoms with E-state index in [0.717, 1.165) is 33.0 Å². The summed E-state index contributed by atoms with van der Waals surface area (Å²) in [7, 11) is -1.94. The van der Waals surface area contributed by atoms with Crippen LogP contribution in [0.3, 0.4) is 0 Å². The Morgan fingerprint density at radius 2 is 0.661 bits per heavy atom. The second-order valence-corrected chi connectivity index (χ2v) is 37.6. The summed E-state index contributed by atoms with van der Waals surface area (Å²) in [4.78, 5) is 92.5. The van der Waals surface area contributed by atoms with Crippen molar-refractivity contribution < 1.29 is 150 Å². The van der Waals surface area contributed by atoms with Crippen molar-refractivity contribution in [2.75, 3.05) is 53.8 Å². The van der Waals surface area contributed by atoms with E-state index in [9.17, 15) is 111 Å². The molecule has 674 valence electrons. The number of hydrogen-bond acceptors (Lipinski definition) is 24. The van der Waals surface area contributed by atoms with Gasteiger partial charge in [0.15, 0.2) is 16.6 Å². The van der Waals surface area contributed by atoms with Crippen LogP contribution in [0, 0.1) is 0 Å². The minimum absolute atomic E-state index is 0.0817. The van der Waals surface area contributed by atoms with Gasteiger partial charge < -0.3 is 104 Å². The Morgan fingerprint density at radius 3 is 0.953 bits per heavy atom. The van der Waals surface area contributed by atoms with Crippen LogP contribution in [-0.2, 0) is 24.4 Å². The van der Waals surface area contributed by atoms with Crippen molar-refractivity contribution in [2.45, 2.75) is 86.7 Å². The van der Waals surface area contributed by atoms with Crippen molar-refractivity contribution >= 4 is 98.4 Å². The third-order valence-electron chi connectivity index (χ3n) is 18.7. The summed E-state index contributed by atoms with van der Waals surface area (Å²) >= 11 is 0. The number of alkyl halides is 12. The first-order chi connectivity index (χ1) is 59.3. The largest absolute Gasteiger partial charge is 0.506 e. The average Bonchev–Trinajstić information content (AvgIpc) is 1.22. The number of rotatable bonds is 22. The molecule has 0 saturated heterocycles. The number of phenolic OH excluding ortho intramolecular Hbond substituents is 4. The molecular formula is C85H82F12N8O20Si2. The molecule has 0 unspecified atom stereocenters. The van der Waals surface area contributed by atoms with Gasteiger partial charge in [-0.05, 0) is 256 Å². The fourth-order valence-corrected chi connectivity index (χ4v) is 21.7. The molecule has 0 fully saturated rings. The Morgan fingerprint density at radius 1 is 0.370 bits per heavy atom. The summed E-state index contributed by atoms with van der Waals surface area (Å²) in [5.74, 6) is -8.25. The molecule has 2 aliphatic heterocycles. The Hall–Kier alpha value is -14.2. The summed E-state index contributed by atoms with van der Waals surface area (Å²) in [6.07, 6.45) is -21.6. The smallest absolute Gasteiger partial charge is 0.411 e. The number of phenols is 4. The molecule has 21 N–H and O–H groups in total. The van der Waals surface area contributed by atoms with Gasteiger partial charge in [-0.25, -0.2) is 28.8 Å². The zero-order chi connectivity index (χ0) is 94.9. The second-order valence-electron chi connectivity index (χ2n) is 28.7. The van der Waals surface area contributed by atoms with E-state index in [0.29, 0.717) is 84.3 Å². The summed E-state index contributed by atoms with van der Waals surface area (Å²) in [6, 6.07) is 39.2. The van der Waals surface area contributed by atoms with Gasteiger partial charge in [0.1, 0.15) is 46.0 Å². The first-order valence-corrected chi connectivity index (χ1v) is 43.4. The SMILES string of the molecule is CO.C[Si](C)(CCCN)O[Si](C)(C)CCCN.Nc1cc(C(c2ccc(O)c(N)c2)(C(F)(F)F)C(F)(F)F)ccc1O.Nc1cccc(C(=O)Nc2cc(C(c3ccc(O)c(NC(=O)c4cccc(N)c4)c3)(C(F)(F)F)C(F)(F)F)ccc2O)c1.O=C(O)c1ccc(Oc2ccc(C(=O)O)cc2)cc1.O=C1OC(=O)c2cc(Oc3ccc4c(c3)C(=O)OC4=O)ccc21. The van der Waals surface area contributed by atoms with Crippen LogP contribution in [0.15, 0.2) is 206 Å². The molecule has 2 heterocycles. The van der Waals surface area contributed by atoms with Gasteiger partial charge in [-0.2, -0.15) is 52.7 Å². The topological polar surface area (TPSA) is 505 Å². The molecule has 0 atom stereocenters. The number of anilines is 6. The predicted octanol–water partition coefficient (Wildman–Crippen LogP) is 16.5. The number of ether oxygens (including phenoxy) is 4. The zero-order valence-electron chi connectivity index (χ0n) is 67.3. The lowest BCUT2D eigenvalue weighted by molar-refractivity contribution is -0.290. The number of aliphatic hydroxyl groups excluding tert-OH is 1. The standard InChI is InChI=1S/C29H22F6N4O4.C16H6O7.C15H12F6N2O2.C14H10O5.C10H28N2OSi2.CH4O/c30-28(31,32)27(29(33,34)35,17-7-9-23(40)21(13-17)38-25(42)15-3-1-5-19(36)11-15)18-8-10-24(41)22(14-18)39-26(43)16-4-2-6-20(37)12-16;17-13-9-3-1-7(5-11(9)15(19)22-13)21-8-2-4-10-12(6-8)16(20)23-14(10)18;16-14(17,18)13(15(19,20)21,7-1-3-11(24)9(22)5-7)8-2-4-12(25)10(23)6-8;15-13(16)9-1-5-11(6-2-9)19-12-7-3-10(4-8-12)14(17)18;1-14(2,9-5-7-11)13-15(3,4)10-6-8-12;1-2/h1-14,40-41H,36-37H2,(H,38,42)(H,39,43);1-6H;1-6,24-25H,22-23H2;1-8H,(H,15,16)(H,17,18);5-12H2,1-4H3;2H,1H3. The maximum absolute atomic E-state index is 14.8. The maximum atomic E-state index is 14.8. The summed E-state index contributed by atoms with van der Waals surface area (Å²) < 4.78 is 198. The Labute approximate surface area is 716 Å². The molecule has 12 rings (SSSR count). The molecule has 127 heavy (non-hydrogen) atoms. The Kier molecular flexibility index (Phi) is 32.3. The van der Waals surface area contributed by atoms with E-state index in [1.165, 1.54) is 146 Å². The van der Waals surface area contributed by atoms with Crippen molar-refractivity contribution in [3.05, 3.63) is 273 Å². The highest BCUT2D eigenvalue weighted by atomic mass is 28.4. The van der Waals surface area contributed by atoms with Gasteiger partial charge in [-0.3, -0.25) is 9.59 Å². The minimum Gasteiger partial charge on any atom is -0.506 e. The van der Waals surface area contributed by atoms with Gasteiger partial charge in [0, 0.05) is 29.6 Å². The number of aromatic hydroxyl groups is 4. The third-order valence-corrected chi connectivity index (χ3v) is 26.2. The molecule has 28 nitrogen and oxygen atoms in total. The van der Waals surface area contributed by atoms with Crippen LogP contribution in [-0.4, -0.2) is 145 Å². The van der Waals surface area contributed by atoms with Crippen LogP contribution in [0.2, 0.25) is 38.3 Å². The fourth-order valence-electron chi connectivity index (χ4n) is 12.8. The molecule has 2 amide bonds. The van der Waals surface area contributed by atoms with E-state index in [2.05, 4.69) is 46.3 Å². The van der Waals surface area contributed by atoms with Crippen LogP contribution in [0.25, 0.3) is 0 Å². The number of esters is 4. The lowest BCUT2D eigenvalue weighted by Gasteiger charge is -2.38. The van der Waals surface area contributed by atoms with Crippen molar-refractivity contribution in [3.63, 3.8) is 0 Å². The van der Waals surface area contributed by atoms with Gasteiger partial charge in [0.05, 0.1) is 56.1 Å². The highest BCUT2D eigenvalue weighted by molar-refractivity contribution is 6.84. The summed E-state index contributed by atoms with van der Waals surface area (Å²) in [5.41, 5.74) is 16.6. The van der Waals surface area contributed by atoms with Crippen LogP contribution in [0.5, 0.6) is 46.0 Å². The number of halogens is 12. The number of carboxylic acid groups (broad SMARTS) is 2. The quantitative estimate of drug-likeness (QED) is 0.00748. The number of fused-ring (bicyclic) bond motifs is 2. The molecule has 42 heteroatoms. The highest BCUT2D eigenvalue weighted by Crippen LogP contribution is 2.59. The van der Waals surface area contributed by atoms with E-state index in [1.54, 1.807) is 0 Å².